The maximum atomic E-state index is 11.7. The first-order valence-corrected chi connectivity index (χ1v) is 9.26. The summed E-state index contributed by atoms with van der Waals surface area (Å²) in [5.41, 5.74) is 9.47. The van der Waals surface area contributed by atoms with Crippen LogP contribution in [0.2, 0.25) is 0 Å². The number of aryl methyl sites for hydroxylation is 2. The van der Waals surface area contributed by atoms with Crippen LogP contribution < -0.4 is 5.73 Å². The van der Waals surface area contributed by atoms with E-state index in [1.165, 1.54) is 6.26 Å². The molecule has 1 aliphatic rings. The maximum Gasteiger partial charge on any atom is 0.211 e. The lowest BCUT2D eigenvalue weighted by Gasteiger charge is -2.32. The highest BCUT2D eigenvalue weighted by molar-refractivity contribution is 7.88. The average molecular weight is 311 g/mol. The van der Waals surface area contributed by atoms with E-state index in [1.54, 1.807) is 4.31 Å². The van der Waals surface area contributed by atoms with E-state index in [0.29, 0.717) is 19.0 Å². The lowest BCUT2D eigenvalue weighted by Crippen LogP contribution is -2.40. The number of piperidine rings is 1. The largest absolute Gasteiger partial charge is 0.323 e. The van der Waals surface area contributed by atoms with Gasteiger partial charge in [0.2, 0.25) is 10.0 Å². The van der Waals surface area contributed by atoms with Gasteiger partial charge in [0.15, 0.2) is 0 Å². The molecule has 1 fully saturated rings. The highest BCUT2D eigenvalue weighted by Gasteiger charge is 2.27. The fourth-order valence-electron chi connectivity index (χ4n) is 3.11. The summed E-state index contributed by atoms with van der Waals surface area (Å²) in [4.78, 5) is 4.45. The van der Waals surface area contributed by atoms with E-state index in [-0.39, 0.29) is 6.04 Å². The normalized spacial score (nSPS) is 22.2. The number of rotatable bonds is 4. The van der Waals surface area contributed by atoms with Gasteiger partial charge in [-0.3, -0.25) is 4.98 Å². The Balaban J connectivity index is 2.03. The molecular weight excluding hydrogens is 286 g/mol. The summed E-state index contributed by atoms with van der Waals surface area (Å²) < 4.78 is 24.9. The topological polar surface area (TPSA) is 76.3 Å². The minimum Gasteiger partial charge on any atom is -0.323 e. The van der Waals surface area contributed by atoms with Gasteiger partial charge in [0, 0.05) is 25.3 Å². The van der Waals surface area contributed by atoms with Crippen LogP contribution in [-0.2, 0) is 10.0 Å². The van der Waals surface area contributed by atoms with Gasteiger partial charge in [0.05, 0.1) is 11.9 Å². The predicted molar refractivity (Wildman–Crippen MR) is 84.4 cm³/mol. The molecule has 1 aliphatic heterocycles. The third-order valence-electron chi connectivity index (χ3n) is 4.14. The van der Waals surface area contributed by atoms with Crippen LogP contribution in [0.4, 0.5) is 0 Å². The van der Waals surface area contributed by atoms with E-state index in [0.717, 1.165) is 36.1 Å². The van der Waals surface area contributed by atoms with Gasteiger partial charge < -0.3 is 5.73 Å². The molecule has 1 saturated heterocycles. The Kier molecular flexibility index (Phi) is 5.01. The summed E-state index contributed by atoms with van der Waals surface area (Å²) in [6.45, 7) is 5.25. The second-order valence-corrected chi connectivity index (χ2v) is 8.17. The van der Waals surface area contributed by atoms with Crippen LogP contribution in [0, 0.1) is 19.8 Å². The Bertz CT molecular complexity index is 601. The minimum atomic E-state index is -3.10. The van der Waals surface area contributed by atoms with Crippen molar-refractivity contribution in [2.24, 2.45) is 11.7 Å². The number of nitrogens with zero attached hydrogens (tertiary/aromatic N) is 2. The summed E-state index contributed by atoms with van der Waals surface area (Å²) >= 11 is 0. The Morgan fingerprint density at radius 2 is 2.19 bits per heavy atom. The summed E-state index contributed by atoms with van der Waals surface area (Å²) in [6, 6.07) is 1.96. The predicted octanol–water partition coefficient (Wildman–Crippen LogP) is 1.76. The molecule has 2 rings (SSSR count). The third-order valence-corrected chi connectivity index (χ3v) is 5.41. The molecule has 1 aromatic heterocycles. The second-order valence-electron chi connectivity index (χ2n) is 6.19. The van der Waals surface area contributed by atoms with Gasteiger partial charge >= 0.3 is 0 Å². The second kappa shape index (κ2) is 6.42. The molecule has 2 unspecified atom stereocenters. The fourth-order valence-corrected chi connectivity index (χ4v) is 4.05. The van der Waals surface area contributed by atoms with Crippen LogP contribution in [0.3, 0.4) is 0 Å². The molecule has 5 nitrogen and oxygen atoms in total. The highest BCUT2D eigenvalue weighted by Crippen LogP contribution is 2.27. The quantitative estimate of drug-likeness (QED) is 0.919. The van der Waals surface area contributed by atoms with Crippen molar-refractivity contribution in [3.63, 3.8) is 0 Å². The fraction of sp³-hybridized carbons (Fsp3) is 0.667. The molecule has 2 heterocycles. The van der Waals surface area contributed by atoms with Crippen molar-refractivity contribution >= 4 is 10.0 Å². The lowest BCUT2D eigenvalue weighted by atomic mass is 9.90. The van der Waals surface area contributed by atoms with Gasteiger partial charge in [-0.15, -0.1) is 0 Å². The first-order chi connectivity index (χ1) is 9.77. The van der Waals surface area contributed by atoms with Gasteiger partial charge in [-0.1, -0.05) is 6.07 Å². The van der Waals surface area contributed by atoms with Gasteiger partial charge in [-0.25, -0.2) is 12.7 Å². The van der Waals surface area contributed by atoms with Gasteiger partial charge in [0.1, 0.15) is 0 Å². The van der Waals surface area contributed by atoms with E-state index in [1.807, 2.05) is 20.0 Å². The first kappa shape index (κ1) is 16.4. The van der Waals surface area contributed by atoms with Gasteiger partial charge in [-0.05, 0) is 50.2 Å². The average Bonchev–Trinajstić information content (AvgIpc) is 2.37. The molecule has 0 aromatic carbocycles. The number of pyridine rings is 1. The van der Waals surface area contributed by atoms with Crippen LogP contribution >= 0.6 is 0 Å². The number of hydrogen-bond acceptors (Lipinski definition) is 4. The number of nitrogens with two attached hydrogens (primary N) is 1. The smallest absolute Gasteiger partial charge is 0.211 e. The zero-order valence-corrected chi connectivity index (χ0v) is 13.9. The minimum absolute atomic E-state index is 0.130. The van der Waals surface area contributed by atoms with Crippen LogP contribution in [0.5, 0.6) is 0 Å². The van der Waals surface area contributed by atoms with Crippen LogP contribution in [0.15, 0.2) is 12.3 Å². The first-order valence-electron chi connectivity index (χ1n) is 7.41. The molecule has 0 radical (unpaired) electrons. The van der Waals surface area contributed by atoms with E-state index < -0.39 is 10.0 Å². The molecule has 2 atom stereocenters. The standard InChI is InChI=1S/C15H25N3O2S/c1-11-7-12(2)15(17-9-11)14(16)8-13-5-4-6-18(10-13)21(3,19)20/h7,9,13-14H,4-6,8,10,16H2,1-3H3. The van der Waals surface area contributed by atoms with Gasteiger partial charge in [-0.2, -0.15) is 0 Å². The zero-order valence-electron chi connectivity index (χ0n) is 13.0. The van der Waals surface area contributed by atoms with Crippen LogP contribution in [0.1, 0.15) is 42.1 Å². The number of aromatic nitrogens is 1. The third kappa shape index (κ3) is 4.25. The monoisotopic (exact) mass is 311 g/mol. The van der Waals surface area contributed by atoms with Gasteiger partial charge in [0.25, 0.3) is 0 Å². The number of sulfonamides is 1. The van der Waals surface area contributed by atoms with E-state index in [9.17, 15) is 8.42 Å². The Labute approximate surface area is 127 Å². The molecule has 118 valence electrons. The van der Waals surface area contributed by atoms with E-state index in [2.05, 4.69) is 11.1 Å². The summed E-state index contributed by atoms with van der Waals surface area (Å²) in [5.74, 6) is 0.311. The summed E-state index contributed by atoms with van der Waals surface area (Å²) in [6.07, 6.45) is 5.84. The SMILES string of the molecule is Cc1cnc(C(N)CC2CCCN(S(C)(=O)=O)C2)c(C)c1. The Morgan fingerprint density at radius 1 is 1.48 bits per heavy atom. The molecule has 0 saturated carbocycles. The summed E-state index contributed by atoms with van der Waals surface area (Å²) in [7, 11) is -3.10. The van der Waals surface area contributed by atoms with Crippen molar-refractivity contribution in [1.82, 2.24) is 9.29 Å². The number of hydrogen-bond donors (Lipinski definition) is 1. The lowest BCUT2D eigenvalue weighted by molar-refractivity contribution is 0.246. The molecule has 0 amide bonds. The molecule has 0 spiro atoms. The van der Waals surface area contributed by atoms with E-state index >= 15 is 0 Å². The van der Waals surface area contributed by atoms with Crippen molar-refractivity contribution in [3.05, 3.63) is 29.1 Å². The molecule has 6 heteroatoms. The Morgan fingerprint density at radius 3 is 2.81 bits per heavy atom. The molecule has 1 aromatic rings. The summed E-state index contributed by atoms with van der Waals surface area (Å²) in [5, 5.41) is 0. The molecule has 21 heavy (non-hydrogen) atoms. The van der Waals surface area contributed by atoms with Crippen molar-refractivity contribution in [2.45, 2.75) is 39.2 Å². The molecule has 0 aliphatic carbocycles. The van der Waals surface area contributed by atoms with Crippen molar-refractivity contribution in [1.29, 1.82) is 0 Å². The van der Waals surface area contributed by atoms with E-state index in [4.69, 9.17) is 5.73 Å². The zero-order chi connectivity index (χ0) is 15.6. The Hall–Kier alpha value is -0.980. The van der Waals surface area contributed by atoms with Crippen molar-refractivity contribution in [3.8, 4) is 0 Å². The van der Waals surface area contributed by atoms with Crippen LogP contribution in [-0.4, -0.2) is 37.1 Å². The maximum absolute atomic E-state index is 11.7. The van der Waals surface area contributed by atoms with Crippen LogP contribution in [0.25, 0.3) is 0 Å². The molecular formula is C15H25N3O2S. The molecule has 0 bridgehead atoms. The molecule has 2 N–H and O–H groups in total. The van der Waals surface area contributed by atoms with Crippen molar-refractivity contribution in [2.75, 3.05) is 19.3 Å². The van der Waals surface area contributed by atoms with Crippen molar-refractivity contribution < 1.29 is 8.42 Å². The highest BCUT2D eigenvalue weighted by atomic mass is 32.2.